The molecular formula is C15H18N2O5. The standard InChI is InChI=1S/C15H18N2O5/c1-17(13-11(16-14(13)19)8-12(18)21-2)15(20)22-9-10-6-4-3-5-7-10/h3-7,11,13H,8-9H2,1-2H3,(H,16,19)/t11-,13-/m1/s1. The molecule has 1 fully saturated rings. The van der Waals surface area contributed by atoms with E-state index in [1.165, 1.54) is 19.1 Å². The minimum atomic E-state index is -0.720. The van der Waals surface area contributed by atoms with Crippen LogP contribution in [0.4, 0.5) is 4.79 Å². The van der Waals surface area contributed by atoms with E-state index in [1.807, 2.05) is 30.3 Å². The maximum Gasteiger partial charge on any atom is 0.410 e. The van der Waals surface area contributed by atoms with E-state index in [2.05, 4.69) is 10.1 Å². The zero-order chi connectivity index (χ0) is 16.1. The van der Waals surface area contributed by atoms with Crippen LogP contribution in [0.1, 0.15) is 12.0 Å². The van der Waals surface area contributed by atoms with Crippen molar-refractivity contribution in [3.63, 3.8) is 0 Å². The van der Waals surface area contributed by atoms with Gasteiger partial charge in [0, 0.05) is 7.05 Å². The molecule has 1 saturated heterocycles. The fraction of sp³-hybridized carbons (Fsp3) is 0.400. The van der Waals surface area contributed by atoms with Crippen LogP contribution in [-0.4, -0.2) is 49.1 Å². The van der Waals surface area contributed by atoms with Gasteiger partial charge in [-0.05, 0) is 5.56 Å². The molecule has 0 aliphatic carbocycles. The van der Waals surface area contributed by atoms with Crippen molar-refractivity contribution >= 4 is 18.0 Å². The summed E-state index contributed by atoms with van der Waals surface area (Å²) in [5.74, 6) is -0.755. The lowest BCUT2D eigenvalue weighted by atomic mass is 9.95. The normalized spacial score (nSPS) is 19.6. The Morgan fingerprint density at radius 2 is 1.95 bits per heavy atom. The first-order valence-corrected chi connectivity index (χ1v) is 6.83. The second-order valence-electron chi connectivity index (χ2n) is 4.99. The molecule has 1 aliphatic rings. The van der Waals surface area contributed by atoms with Gasteiger partial charge in [-0.15, -0.1) is 0 Å². The molecule has 0 aromatic heterocycles. The van der Waals surface area contributed by atoms with Crippen molar-refractivity contribution in [2.45, 2.75) is 25.1 Å². The summed E-state index contributed by atoms with van der Waals surface area (Å²) in [4.78, 5) is 36.1. The summed E-state index contributed by atoms with van der Waals surface area (Å²) in [5, 5.41) is 2.58. The van der Waals surface area contributed by atoms with Gasteiger partial charge < -0.3 is 14.8 Å². The van der Waals surface area contributed by atoms with Gasteiger partial charge in [-0.2, -0.15) is 0 Å². The molecule has 0 unspecified atom stereocenters. The number of hydrogen-bond acceptors (Lipinski definition) is 5. The first-order valence-electron chi connectivity index (χ1n) is 6.83. The highest BCUT2D eigenvalue weighted by atomic mass is 16.6. The van der Waals surface area contributed by atoms with Crippen molar-refractivity contribution in [2.24, 2.45) is 0 Å². The number of nitrogens with zero attached hydrogens (tertiary/aromatic N) is 1. The maximum absolute atomic E-state index is 12.0. The van der Waals surface area contributed by atoms with Gasteiger partial charge >= 0.3 is 12.1 Å². The van der Waals surface area contributed by atoms with E-state index in [4.69, 9.17) is 4.74 Å². The zero-order valence-electron chi connectivity index (χ0n) is 12.4. The van der Waals surface area contributed by atoms with E-state index >= 15 is 0 Å². The van der Waals surface area contributed by atoms with Crippen molar-refractivity contribution in [1.29, 1.82) is 0 Å². The Bertz CT molecular complexity index is 560. The Labute approximate surface area is 128 Å². The summed E-state index contributed by atoms with van der Waals surface area (Å²) in [6.45, 7) is 0.125. The Hall–Kier alpha value is -2.57. The van der Waals surface area contributed by atoms with E-state index in [0.29, 0.717) is 0 Å². The van der Waals surface area contributed by atoms with Crippen LogP contribution in [0.15, 0.2) is 30.3 Å². The number of carbonyl (C=O) groups is 3. The van der Waals surface area contributed by atoms with Gasteiger partial charge in [-0.25, -0.2) is 4.79 Å². The van der Waals surface area contributed by atoms with Crippen LogP contribution in [-0.2, 0) is 25.7 Å². The molecular weight excluding hydrogens is 288 g/mol. The summed E-state index contributed by atoms with van der Waals surface area (Å²) in [5.41, 5.74) is 0.855. The predicted octanol–water partition coefficient (Wildman–Crippen LogP) is 0.685. The second-order valence-corrected chi connectivity index (χ2v) is 4.99. The summed E-state index contributed by atoms with van der Waals surface area (Å²) < 4.78 is 9.73. The molecule has 0 saturated carbocycles. The Kier molecular flexibility index (Phi) is 4.98. The van der Waals surface area contributed by atoms with Crippen molar-refractivity contribution in [2.75, 3.05) is 14.2 Å². The van der Waals surface area contributed by atoms with Crippen LogP contribution in [0.25, 0.3) is 0 Å². The third-order valence-electron chi connectivity index (χ3n) is 3.50. The molecule has 1 aromatic carbocycles. The fourth-order valence-corrected chi connectivity index (χ4v) is 2.24. The van der Waals surface area contributed by atoms with Gasteiger partial charge in [0.2, 0.25) is 5.91 Å². The largest absolute Gasteiger partial charge is 0.469 e. The molecule has 1 aliphatic heterocycles. The Balaban J connectivity index is 1.89. The Morgan fingerprint density at radius 1 is 1.27 bits per heavy atom. The lowest BCUT2D eigenvalue weighted by Crippen LogP contribution is -2.69. The van der Waals surface area contributed by atoms with E-state index in [1.54, 1.807) is 0 Å². The van der Waals surface area contributed by atoms with Crippen molar-refractivity contribution in [3.05, 3.63) is 35.9 Å². The van der Waals surface area contributed by atoms with Crippen LogP contribution in [0.2, 0.25) is 0 Å². The highest BCUT2D eigenvalue weighted by Crippen LogP contribution is 2.18. The third kappa shape index (κ3) is 3.55. The molecule has 0 radical (unpaired) electrons. The number of esters is 1. The van der Waals surface area contributed by atoms with E-state index in [0.717, 1.165) is 5.56 Å². The van der Waals surface area contributed by atoms with Gasteiger partial charge in [-0.1, -0.05) is 30.3 Å². The van der Waals surface area contributed by atoms with Crippen LogP contribution >= 0.6 is 0 Å². The smallest absolute Gasteiger partial charge is 0.410 e. The van der Waals surface area contributed by atoms with Gasteiger partial charge in [0.05, 0.1) is 19.6 Å². The quantitative estimate of drug-likeness (QED) is 0.639. The monoisotopic (exact) mass is 306 g/mol. The molecule has 0 bridgehead atoms. The number of nitrogens with one attached hydrogen (secondary N) is 1. The van der Waals surface area contributed by atoms with Crippen LogP contribution in [0, 0.1) is 0 Å². The van der Waals surface area contributed by atoms with E-state index in [9.17, 15) is 14.4 Å². The molecule has 0 spiro atoms. The number of likely N-dealkylation sites (N-methyl/N-ethyl adjacent to an activating group) is 1. The zero-order valence-corrected chi connectivity index (χ0v) is 12.4. The van der Waals surface area contributed by atoms with E-state index < -0.39 is 24.1 Å². The molecule has 7 heteroatoms. The van der Waals surface area contributed by atoms with Crippen LogP contribution < -0.4 is 5.32 Å². The molecule has 22 heavy (non-hydrogen) atoms. The van der Waals surface area contributed by atoms with Crippen LogP contribution in [0.3, 0.4) is 0 Å². The average Bonchev–Trinajstić information content (AvgIpc) is 2.52. The van der Waals surface area contributed by atoms with Gasteiger partial charge in [-0.3, -0.25) is 14.5 Å². The number of carbonyl (C=O) groups excluding carboxylic acids is 3. The SMILES string of the molecule is COC(=O)C[C@H]1NC(=O)[C@@H]1N(C)C(=O)OCc1ccccc1. The van der Waals surface area contributed by atoms with Gasteiger partial charge in [0.15, 0.2) is 0 Å². The van der Waals surface area contributed by atoms with E-state index in [-0.39, 0.29) is 18.9 Å². The van der Waals surface area contributed by atoms with Gasteiger partial charge in [0.25, 0.3) is 0 Å². The number of methoxy groups -OCH3 is 1. The lowest BCUT2D eigenvalue weighted by molar-refractivity contribution is -0.145. The molecule has 7 nitrogen and oxygen atoms in total. The summed E-state index contributed by atoms with van der Waals surface area (Å²) in [6.07, 6.45) is -0.595. The minimum Gasteiger partial charge on any atom is -0.469 e. The second kappa shape index (κ2) is 6.93. The fourth-order valence-electron chi connectivity index (χ4n) is 2.24. The highest BCUT2D eigenvalue weighted by Gasteiger charge is 2.45. The first kappa shape index (κ1) is 15.8. The van der Waals surface area contributed by atoms with Crippen molar-refractivity contribution < 1.29 is 23.9 Å². The molecule has 1 aromatic rings. The third-order valence-corrected chi connectivity index (χ3v) is 3.50. The predicted molar refractivity (Wildman–Crippen MR) is 76.7 cm³/mol. The number of rotatable bonds is 5. The Morgan fingerprint density at radius 3 is 2.55 bits per heavy atom. The number of benzene rings is 1. The molecule has 2 amide bonds. The maximum atomic E-state index is 12.0. The molecule has 2 rings (SSSR count). The molecule has 118 valence electrons. The first-order chi connectivity index (χ1) is 10.5. The van der Waals surface area contributed by atoms with Crippen molar-refractivity contribution in [1.82, 2.24) is 10.2 Å². The molecule has 2 atom stereocenters. The summed E-state index contributed by atoms with van der Waals surface area (Å²) in [6, 6.07) is 8.06. The summed E-state index contributed by atoms with van der Waals surface area (Å²) >= 11 is 0. The number of hydrogen-bond donors (Lipinski definition) is 1. The number of amides is 2. The molecule has 1 N–H and O–H groups in total. The summed E-state index contributed by atoms with van der Waals surface area (Å²) in [7, 11) is 2.75. The van der Waals surface area contributed by atoms with Gasteiger partial charge in [0.1, 0.15) is 12.6 Å². The van der Waals surface area contributed by atoms with Crippen LogP contribution in [0.5, 0.6) is 0 Å². The lowest BCUT2D eigenvalue weighted by Gasteiger charge is -2.40. The minimum absolute atomic E-state index is 0.0171. The average molecular weight is 306 g/mol. The molecule has 1 heterocycles. The number of ether oxygens (including phenoxy) is 2. The van der Waals surface area contributed by atoms with Crippen molar-refractivity contribution in [3.8, 4) is 0 Å². The number of β-lactam (4-membered cyclic amide) rings is 1. The topological polar surface area (TPSA) is 84.9 Å². The highest BCUT2D eigenvalue weighted by molar-refractivity contribution is 5.93.